The minimum atomic E-state index is 0.270. The zero-order valence-corrected chi connectivity index (χ0v) is 15.6. The first-order valence-electron chi connectivity index (χ1n) is 8.26. The van der Waals surface area contributed by atoms with Crippen LogP contribution in [0.4, 0.5) is 5.95 Å². The van der Waals surface area contributed by atoms with E-state index in [1.165, 1.54) is 0 Å². The van der Waals surface area contributed by atoms with Crippen molar-refractivity contribution in [2.45, 2.75) is 13.2 Å². The minimum absolute atomic E-state index is 0.270. The Hall–Kier alpha value is -2.83. The van der Waals surface area contributed by atoms with E-state index in [0.29, 0.717) is 22.5 Å². The van der Waals surface area contributed by atoms with Crippen molar-refractivity contribution in [2.75, 3.05) is 5.32 Å². The molecule has 27 heavy (non-hydrogen) atoms. The predicted octanol–water partition coefficient (Wildman–Crippen LogP) is 4.85. The highest BCUT2D eigenvalue weighted by molar-refractivity contribution is 6.35. The lowest BCUT2D eigenvalue weighted by atomic mass is 10.0. The van der Waals surface area contributed by atoms with Gasteiger partial charge >= 0.3 is 0 Å². The highest BCUT2D eigenvalue weighted by Crippen LogP contribution is 2.31. The highest BCUT2D eigenvalue weighted by Gasteiger charge is 2.12. The first-order valence-corrected chi connectivity index (χ1v) is 9.01. The van der Waals surface area contributed by atoms with Crippen LogP contribution in [0.25, 0.3) is 10.8 Å². The number of ether oxygens (including phenoxy) is 1. The van der Waals surface area contributed by atoms with Crippen molar-refractivity contribution < 1.29 is 4.74 Å². The van der Waals surface area contributed by atoms with E-state index in [9.17, 15) is 0 Å². The summed E-state index contributed by atoms with van der Waals surface area (Å²) in [5, 5.41) is 20.3. The minimum Gasteiger partial charge on any atom is -0.488 e. The molecule has 1 aromatic heterocycles. The summed E-state index contributed by atoms with van der Waals surface area (Å²) in [7, 11) is 0. The van der Waals surface area contributed by atoms with Gasteiger partial charge in [-0.3, -0.25) is 0 Å². The third-order valence-corrected chi connectivity index (χ3v) is 4.91. The first-order chi connectivity index (χ1) is 13.2. The molecule has 4 rings (SSSR count). The molecule has 0 bridgehead atoms. The van der Waals surface area contributed by atoms with Crippen molar-refractivity contribution >= 4 is 39.9 Å². The molecule has 0 unspecified atom stereocenters. The number of H-pyrrole nitrogens is 1. The zero-order valence-electron chi connectivity index (χ0n) is 14.1. The number of hydrogen-bond acceptors (Lipinski definition) is 5. The van der Waals surface area contributed by atoms with E-state index in [1.54, 1.807) is 12.1 Å². The molecule has 0 aliphatic heterocycles. The molecule has 136 valence electrons. The van der Waals surface area contributed by atoms with Crippen LogP contribution in [0.3, 0.4) is 0 Å². The van der Waals surface area contributed by atoms with Crippen molar-refractivity contribution in [3.63, 3.8) is 0 Å². The molecule has 2 N–H and O–H groups in total. The molecule has 1 heterocycles. The summed E-state index contributed by atoms with van der Waals surface area (Å²) in [4.78, 5) is 0. The molecule has 0 fully saturated rings. The molecule has 0 radical (unpaired) electrons. The number of halogens is 2. The number of fused-ring (bicyclic) bond motifs is 1. The number of benzene rings is 3. The van der Waals surface area contributed by atoms with Gasteiger partial charge in [0.2, 0.25) is 0 Å². The van der Waals surface area contributed by atoms with Gasteiger partial charge < -0.3 is 10.1 Å². The van der Waals surface area contributed by atoms with Gasteiger partial charge in [-0.15, -0.1) is 5.10 Å². The Morgan fingerprint density at radius 2 is 1.74 bits per heavy atom. The lowest BCUT2D eigenvalue weighted by molar-refractivity contribution is 0.304. The molecule has 0 atom stereocenters. The second-order valence-corrected chi connectivity index (χ2v) is 6.66. The maximum atomic E-state index is 6.26. The van der Waals surface area contributed by atoms with Crippen LogP contribution in [0.2, 0.25) is 10.0 Å². The summed E-state index contributed by atoms with van der Waals surface area (Å²) in [6, 6.07) is 17.5. The maximum absolute atomic E-state index is 6.26. The topological polar surface area (TPSA) is 75.7 Å². The molecule has 6 nitrogen and oxygen atoms in total. The molecule has 0 saturated carbocycles. The highest BCUT2D eigenvalue weighted by atomic mass is 35.5. The Kier molecular flexibility index (Phi) is 5.09. The van der Waals surface area contributed by atoms with E-state index in [0.717, 1.165) is 27.6 Å². The van der Waals surface area contributed by atoms with Crippen molar-refractivity contribution in [1.29, 1.82) is 0 Å². The SMILES string of the molecule is Clc1cccc(Cl)c1COc1ccc2ccccc2c1CNc1nn[nH]n1. The number of aromatic amines is 1. The van der Waals surface area contributed by atoms with Gasteiger partial charge in [0.25, 0.3) is 5.95 Å². The summed E-state index contributed by atoms with van der Waals surface area (Å²) in [5.41, 5.74) is 1.74. The Bertz CT molecular complexity index is 1050. The molecule has 3 aromatic carbocycles. The van der Waals surface area contributed by atoms with Gasteiger partial charge in [-0.1, -0.05) is 64.7 Å². The van der Waals surface area contributed by atoms with Gasteiger partial charge in [0.1, 0.15) is 12.4 Å². The number of hydrogen-bond donors (Lipinski definition) is 2. The van der Waals surface area contributed by atoms with E-state index in [-0.39, 0.29) is 6.61 Å². The van der Waals surface area contributed by atoms with E-state index in [1.807, 2.05) is 30.3 Å². The van der Waals surface area contributed by atoms with Crippen LogP contribution < -0.4 is 10.1 Å². The smallest absolute Gasteiger partial charge is 0.263 e. The summed E-state index contributed by atoms with van der Waals surface area (Å²) in [5.74, 6) is 1.16. The van der Waals surface area contributed by atoms with E-state index < -0.39 is 0 Å². The van der Waals surface area contributed by atoms with Gasteiger partial charge in [0.05, 0.1) is 0 Å². The number of rotatable bonds is 6. The Balaban J connectivity index is 1.65. The maximum Gasteiger partial charge on any atom is 0.263 e. The van der Waals surface area contributed by atoms with Gasteiger partial charge in [-0.05, 0) is 34.2 Å². The summed E-state index contributed by atoms with van der Waals surface area (Å²) in [6.07, 6.45) is 0. The van der Waals surface area contributed by atoms with Gasteiger partial charge in [0.15, 0.2) is 0 Å². The number of nitrogens with one attached hydrogen (secondary N) is 2. The van der Waals surface area contributed by atoms with Gasteiger partial charge in [-0.25, -0.2) is 0 Å². The van der Waals surface area contributed by atoms with Crippen molar-refractivity contribution in [1.82, 2.24) is 20.6 Å². The molecule has 0 spiro atoms. The zero-order chi connectivity index (χ0) is 18.6. The second-order valence-electron chi connectivity index (χ2n) is 5.84. The van der Waals surface area contributed by atoms with Crippen LogP contribution in [0.5, 0.6) is 5.75 Å². The van der Waals surface area contributed by atoms with Gasteiger partial charge in [0, 0.05) is 27.7 Å². The van der Waals surface area contributed by atoms with Crippen LogP contribution in [-0.2, 0) is 13.2 Å². The van der Waals surface area contributed by atoms with E-state index in [4.69, 9.17) is 27.9 Å². The third kappa shape index (κ3) is 3.82. The predicted molar refractivity (Wildman–Crippen MR) is 106 cm³/mol. The normalized spacial score (nSPS) is 10.9. The number of nitrogens with zero attached hydrogens (tertiary/aromatic N) is 3. The van der Waals surface area contributed by atoms with Crippen LogP contribution in [0.15, 0.2) is 54.6 Å². The molecule has 0 saturated heterocycles. The average Bonchev–Trinajstić information content (AvgIpc) is 3.20. The summed E-state index contributed by atoms with van der Waals surface area (Å²) < 4.78 is 6.09. The van der Waals surface area contributed by atoms with E-state index in [2.05, 4.69) is 38.1 Å². The van der Waals surface area contributed by atoms with Crippen molar-refractivity contribution in [3.8, 4) is 5.75 Å². The van der Waals surface area contributed by atoms with Gasteiger partial charge in [-0.2, -0.15) is 5.21 Å². The molecular formula is C19H15Cl2N5O. The summed E-state index contributed by atoms with van der Waals surface area (Å²) >= 11 is 12.5. The molecule has 0 amide bonds. The van der Waals surface area contributed by atoms with E-state index >= 15 is 0 Å². The molecular weight excluding hydrogens is 385 g/mol. The lowest BCUT2D eigenvalue weighted by Gasteiger charge is -2.15. The Labute approximate surface area is 165 Å². The number of aromatic nitrogens is 4. The largest absolute Gasteiger partial charge is 0.488 e. The molecule has 0 aliphatic rings. The van der Waals surface area contributed by atoms with Crippen LogP contribution in [0, 0.1) is 0 Å². The quantitative estimate of drug-likeness (QED) is 0.484. The standard InChI is InChI=1S/C19H15Cl2N5O/c20-16-6-3-7-17(21)15(16)11-27-18-9-8-12-4-1-2-5-13(12)14(18)10-22-19-23-25-26-24-19/h1-9H,10-11H2,(H2,22,23,24,25,26). The summed E-state index contributed by atoms with van der Waals surface area (Å²) in [6.45, 7) is 0.749. The fraction of sp³-hybridized carbons (Fsp3) is 0.105. The fourth-order valence-corrected chi connectivity index (χ4v) is 3.36. The molecule has 4 aromatic rings. The van der Waals surface area contributed by atoms with Crippen molar-refractivity contribution in [3.05, 3.63) is 75.8 Å². The third-order valence-electron chi connectivity index (χ3n) is 4.20. The lowest BCUT2D eigenvalue weighted by Crippen LogP contribution is -2.06. The number of anilines is 1. The molecule has 0 aliphatic carbocycles. The number of tetrazole rings is 1. The second kappa shape index (κ2) is 7.82. The fourth-order valence-electron chi connectivity index (χ4n) is 2.86. The molecule has 8 heteroatoms. The average molecular weight is 400 g/mol. The Morgan fingerprint density at radius 1 is 0.926 bits per heavy atom. The van der Waals surface area contributed by atoms with Crippen LogP contribution >= 0.6 is 23.2 Å². The van der Waals surface area contributed by atoms with Crippen LogP contribution in [0.1, 0.15) is 11.1 Å². The monoisotopic (exact) mass is 399 g/mol. The Morgan fingerprint density at radius 3 is 2.52 bits per heavy atom. The van der Waals surface area contributed by atoms with Crippen molar-refractivity contribution in [2.24, 2.45) is 0 Å². The first kappa shape index (κ1) is 17.6. The van der Waals surface area contributed by atoms with Crippen LogP contribution in [-0.4, -0.2) is 20.6 Å².